The normalized spacial score (nSPS) is 13.0. The molecule has 22 heavy (non-hydrogen) atoms. The van der Waals surface area contributed by atoms with E-state index >= 15 is 0 Å². The topological polar surface area (TPSA) is 20.2 Å². The van der Waals surface area contributed by atoms with Gasteiger partial charge in [-0.3, -0.25) is 0 Å². The third kappa shape index (κ3) is 12.0. The van der Waals surface area contributed by atoms with Crippen LogP contribution in [-0.4, -0.2) is 47.8 Å². The molecule has 1 atom stereocenters. The summed E-state index contributed by atoms with van der Waals surface area (Å²) in [4.78, 5) is 0. The van der Waals surface area contributed by atoms with Crippen LogP contribution in [0.3, 0.4) is 0 Å². The van der Waals surface area contributed by atoms with Gasteiger partial charge in [-0.05, 0) is 38.5 Å². The molecule has 0 aromatic heterocycles. The number of rotatable bonds is 15. The summed E-state index contributed by atoms with van der Waals surface area (Å²) in [6.45, 7) is 11.3. The minimum absolute atomic E-state index is 0. The predicted octanol–water partition coefficient (Wildman–Crippen LogP) is 1.98. The van der Waals surface area contributed by atoms with Crippen LogP contribution >= 0.6 is 11.6 Å². The van der Waals surface area contributed by atoms with Crippen molar-refractivity contribution < 1.29 is 22.0 Å². The van der Waals surface area contributed by atoms with Crippen LogP contribution in [0.25, 0.3) is 0 Å². The summed E-state index contributed by atoms with van der Waals surface area (Å²) in [6.07, 6.45) is 11.2. The van der Waals surface area contributed by atoms with Gasteiger partial charge in [-0.15, -0.1) is 11.6 Å². The maximum atomic E-state index is 10.1. The number of halogens is 2. The number of aliphatic hydroxyl groups is 1. The van der Waals surface area contributed by atoms with Crippen molar-refractivity contribution in [1.82, 2.24) is 0 Å². The Labute approximate surface area is 150 Å². The fraction of sp³-hybridized carbons (Fsp3) is 1.00. The third-order valence-corrected chi connectivity index (χ3v) is 4.84. The summed E-state index contributed by atoms with van der Waals surface area (Å²) in [5, 5.41) is 10.1. The quantitative estimate of drug-likeness (QED) is 0.270. The Morgan fingerprint density at radius 3 is 1.41 bits per heavy atom. The molecule has 0 aliphatic carbocycles. The first-order chi connectivity index (χ1) is 10.1. The van der Waals surface area contributed by atoms with Gasteiger partial charge in [0.05, 0.1) is 25.5 Å². The molecule has 0 bridgehead atoms. The van der Waals surface area contributed by atoms with E-state index in [2.05, 4.69) is 20.8 Å². The lowest BCUT2D eigenvalue weighted by Crippen LogP contribution is -3.00. The molecule has 1 N–H and O–H groups in total. The molecule has 2 nitrogen and oxygen atoms in total. The van der Waals surface area contributed by atoms with Crippen LogP contribution in [0.5, 0.6) is 0 Å². The predicted molar refractivity (Wildman–Crippen MR) is 95.0 cm³/mol. The highest BCUT2D eigenvalue weighted by molar-refractivity contribution is 6.18. The average molecular weight is 356 g/mol. The van der Waals surface area contributed by atoms with Gasteiger partial charge in [-0.2, -0.15) is 0 Å². The molecular formula is C18H39Cl2NO. The van der Waals surface area contributed by atoms with Crippen LogP contribution in [0.4, 0.5) is 0 Å². The Balaban J connectivity index is 0. The number of aliphatic hydroxyl groups excluding tert-OH is 1. The van der Waals surface area contributed by atoms with E-state index in [1.54, 1.807) is 0 Å². The van der Waals surface area contributed by atoms with E-state index < -0.39 is 0 Å². The van der Waals surface area contributed by atoms with Crippen LogP contribution in [0.1, 0.15) is 78.6 Å². The monoisotopic (exact) mass is 355 g/mol. The standard InChI is InChI=1S/C18H39ClNO.ClH/c1-4-7-10-13-20(14-11-8-5-2,15-12-9-6-3)17-18(21)16-19;/h18,21H,4-17H2,1-3H3;1H/q+1;/p-1. The zero-order valence-electron chi connectivity index (χ0n) is 15.1. The van der Waals surface area contributed by atoms with Crippen molar-refractivity contribution in [2.75, 3.05) is 32.1 Å². The van der Waals surface area contributed by atoms with Crippen molar-refractivity contribution in [3.8, 4) is 0 Å². The van der Waals surface area contributed by atoms with Crippen molar-refractivity contribution >= 4 is 11.6 Å². The van der Waals surface area contributed by atoms with Gasteiger partial charge >= 0.3 is 0 Å². The van der Waals surface area contributed by atoms with Gasteiger partial charge in [0.25, 0.3) is 0 Å². The zero-order chi connectivity index (χ0) is 16.0. The Morgan fingerprint density at radius 2 is 1.14 bits per heavy atom. The number of hydrogen-bond acceptors (Lipinski definition) is 1. The fourth-order valence-electron chi connectivity index (χ4n) is 3.20. The molecule has 0 spiro atoms. The van der Waals surface area contributed by atoms with Crippen molar-refractivity contribution in [2.24, 2.45) is 0 Å². The lowest BCUT2D eigenvalue weighted by atomic mass is 10.1. The number of quaternary nitrogens is 1. The largest absolute Gasteiger partial charge is 1.00 e. The molecule has 0 saturated heterocycles. The van der Waals surface area contributed by atoms with E-state index in [0.717, 1.165) is 11.0 Å². The molecule has 0 aromatic carbocycles. The SMILES string of the molecule is CCCCC[N+](CCCCC)(CCCCC)CC(O)CCl.[Cl-]. The van der Waals surface area contributed by atoms with Gasteiger partial charge in [0.15, 0.2) is 0 Å². The van der Waals surface area contributed by atoms with E-state index in [1.165, 1.54) is 77.4 Å². The molecule has 0 fully saturated rings. The number of hydrogen-bond donors (Lipinski definition) is 1. The molecule has 0 saturated carbocycles. The summed E-state index contributed by atoms with van der Waals surface area (Å²) in [5.74, 6) is 0.370. The average Bonchev–Trinajstić information content (AvgIpc) is 2.48. The molecule has 1 unspecified atom stereocenters. The van der Waals surface area contributed by atoms with Crippen LogP contribution in [0.2, 0.25) is 0 Å². The fourth-order valence-corrected chi connectivity index (χ4v) is 3.29. The van der Waals surface area contributed by atoms with E-state index in [-0.39, 0.29) is 18.5 Å². The second-order valence-corrected chi connectivity index (χ2v) is 6.93. The highest BCUT2D eigenvalue weighted by Gasteiger charge is 2.28. The molecule has 0 heterocycles. The van der Waals surface area contributed by atoms with Crippen LogP contribution in [0.15, 0.2) is 0 Å². The van der Waals surface area contributed by atoms with Crippen molar-refractivity contribution in [2.45, 2.75) is 84.7 Å². The summed E-state index contributed by atoms with van der Waals surface area (Å²) in [5.41, 5.74) is 0. The minimum atomic E-state index is -0.350. The molecule has 0 aromatic rings. The van der Waals surface area contributed by atoms with Gasteiger partial charge in [0.2, 0.25) is 0 Å². The second kappa shape index (κ2) is 16.4. The Bertz CT molecular complexity index is 201. The zero-order valence-corrected chi connectivity index (χ0v) is 16.6. The minimum Gasteiger partial charge on any atom is -1.00 e. The highest BCUT2D eigenvalue weighted by atomic mass is 35.5. The van der Waals surface area contributed by atoms with Crippen molar-refractivity contribution in [3.05, 3.63) is 0 Å². The molecule has 0 aliphatic rings. The van der Waals surface area contributed by atoms with Gasteiger partial charge in [0, 0.05) is 0 Å². The lowest BCUT2D eigenvalue weighted by molar-refractivity contribution is -0.931. The van der Waals surface area contributed by atoms with Crippen molar-refractivity contribution in [3.63, 3.8) is 0 Å². The number of unbranched alkanes of at least 4 members (excludes halogenated alkanes) is 6. The molecule has 136 valence electrons. The van der Waals surface area contributed by atoms with Crippen LogP contribution in [-0.2, 0) is 0 Å². The number of nitrogens with zero attached hydrogens (tertiary/aromatic N) is 1. The van der Waals surface area contributed by atoms with E-state index in [0.29, 0.717) is 5.88 Å². The smallest absolute Gasteiger partial charge is 0.116 e. The molecular weight excluding hydrogens is 317 g/mol. The maximum absolute atomic E-state index is 10.1. The van der Waals surface area contributed by atoms with Crippen molar-refractivity contribution in [1.29, 1.82) is 0 Å². The Hall–Kier alpha value is 0.500. The van der Waals surface area contributed by atoms with E-state index in [1.807, 2.05) is 0 Å². The van der Waals surface area contributed by atoms with Crippen LogP contribution < -0.4 is 12.4 Å². The number of alkyl halides is 1. The Morgan fingerprint density at radius 1 is 0.773 bits per heavy atom. The Kier molecular flexibility index (Phi) is 18.4. The first-order valence-corrected chi connectivity index (χ1v) is 9.76. The molecule has 4 heteroatoms. The van der Waals surface area contributed by atoms with E-state index in [4.69, 9.17) is 11.6 Å². The maximum Gasteiger partial charge on any atom is 0.116 e. The molecule has 0 aliphatic heterocycles. The van der Waals surface area contributed by atoms with Gasteiger partial charge in [0.1, 0.15) is 12.6 Å². The summed E-state index contributed by atoms with van der Waals surface area (Å²) >= 11 is 5.88. The van der Waals surface area contributed by atoms with Gasteiger partial charge in [-0.25, -0.2) is 0 Å². The van der Waals surface area contributed by atoms with E-state index in [9.17, 15) is 5.11 Å². The van der Waals surface area contributed by atoms with Gasteiger partial charge < -0.3 is 22.0 Å². The molecule has 0 amide bonds. The van der Waals surface area contributed by atoms with Crippen LogP contribution in [0, 0.1) is 0 Å². The third-order valence-electron chi connectivity index (χ3n) is 4.48. The first kappa shape index (κ1) is 24.7. The molecule has 0 radical (unpaired) electrons. The van der Waals surface area contributed by atoms with Gasteiger partial charge in [-0.1, -0.05) is 40.0 Å². The summed E-state index contributed by atoms with van der Waals surface area (Å²) < 4.78 is 1.09. The highest BCUT2D eigenvalue weighted by Crippen LogP contribution is 2.18. The lowest BCUT2D eigenvalue weighted by Gasteiger charge is -2.40. The molecule has 0 rings (SSSR count). The second-order valence-electron chi connectivity index (χ2n) is 6.62. The summed E-state index contributed by atoms with van der Waals surface area (Å²) in [6, 6.07) is 0. The summed E-state index contributed by atoms with van der Waals surface area (Å²) in [7, 11) is 0. The first-order valence-electron chi connectivity index (χ1n) is 9.23.